The molecule has 17 heavy (non-hydrogen) atoms. The van der Waals surface area contributed by atoms with E-state index in [1.807, 2.05) is 24.3 Å². The Hall–Kier alpha value is -1.05. The predicted octanol–water partition coefficient (Wildman–Crippen LogP) is 3.18. The van der Waals surface area contributed by atoms with Gasteiger partial charge >= 0.3 is 0 Å². The van der Waals surface area contributed by atoms with Crippen LogP contribution in [-0.4, -0.2) is 19.3 Å². The van der Waals surface area contributed by atoms with Gasteiger partial charge in [0, 0.05) is 22.7 Å². The fourth-order valence-electron chi connectivity index (χ4n) is 2.03. The van der Waals surface area contributed by atoms with Gasteiger partial charge in [-0.25, -0.2) is 0 Å². The van der Waals surface area contributed by atoms with Crippen LogP contribution in [0.3, 0.4) is 0 Å². The molecule has 1 aliphatic rings. The highest BCUT2D eigenvalue weighted by molar-refractivity contribution is 9.10. The normalized spacial score (nSPS) is 21.5. The standard InChI is InChI=1S/C13H15BrN2O/c14-11-5-1-2-6-12(11)16-13(8-15)10-4-3-7-17-9-10/h1-2,5-6,10,13,16H,3-4,7,9H2. The summed E-state index contributed by atoms with van der Waals surface area (Å²) in [5, 5.41) is 12.5. The molecule has 90 valence electrons. The van der Waals surface area contributed by atoms with Gasteiger partial charge in [-0.3, -0.25) is 0 Å². The lowest BCUT2D eigenvalue weighted by Gasteiger charge is -2.27. The zero-order valence-corrected chi connectivity index (χ0v) is 11.1. The molecule has 0 bridgehead atoms. The van der Waals surface area contributed by atoms with E-state index in [9.17, 15) is 5.26 Å². The summed E-state index contributed by atoms with van der Waals surface area (Å²) in [6.45, 7) is 1.50. The van der Waals surface area contributed by atoms with E-state index in [1.54, 1.807) is 0 Å². The van der Waals surface area contributed by atoms with Crippen molar-refractivity contribution >= 4 is 21.6 Å². The van der Waals surface area contributed by atoms with Gasteiger partial charge in [-0.2, -0.15) is 5.26 Å². The van der Waals surface area contributed by atoms with Gasteiger partial charge in [0.2, 0.25) is 0 Å². The summed E-state index contributed by atoms with van der Waals surface area (Å²) in [5.41, 5.74) is 0.963. The molecule has 4 heteroatoms. The number of benzene rings is 1. The van der Waals surface area contributed by atoms with Crippen LogP contribution in [0.25, 0.3) is 0 Å². The third kappa shape index (κ3) is 3.21. The second kappa shape index (κ2) is 6.04. The molecule has 1 N–H and O–H groups in total. The number of anilines is 1. The Labute approximate surface area is 110 Å². The molecular formula is C13H15BrN2O. The molecule has 2 rings (SSSR count). The molecule has 1 aromatic rings. The van der Waals surface area contributed by atoms with E-state index in [0.717, 1.165) is 29.6 Å². The van der Waals surface area contributed by atoms with Crippen LogP contribution in [0.4, 0.5) is 5.69 Å². The summed E-state index contributed by atoms with van der Waals surface area (Å²) in [4.78, 5) is 0. The van der Waals surface area contributed by atoms with E-state index in [2.05, 4.69) is 27.3 Å². The number of ether oxygens (including phenoxy) is 1. The van der Waals surface area contributed by atoms with Gasteiger partial charge in [0.25, 0.3) is 0 Å². The Morgan fingerprint density at radius 1 is 1.47 bits per heavy atom. The van der Waals surface area contributed by atoms with Crippen molar-refractivity contribution in [2.75, 3.05) is 18.5 Å². The van der Waals surface area contributed by atoms with E-state index in [4.69, 9.17) is 4.74 Å². The van der Waals surface area contributed by atoms with Crippen LogP contribution in [0, 0.1) is 17.2 Å². The number of hydrogen-bond donors (Lipinski definition) is 1. The number of nitrogens with zero attached hydrogens (tertiary/aromatic N) is 1. The summed E-state index contributed by atoms with van der Waals surface area (Å²) >= 11 is 3.47. The fourth-order valence-corrected chi connectivity index (χ4v) is 2.43. The Balaban J connectivity index is 2.05. The molecule has 3 nitrogen and oxygen atoms in total. The predicted molar refractivity (Wildman–Crippen MR) is 70.7 cm³/mol. The molecule has 1 saturated heterocycles. The van der Waals surface area contributed by atoms with E-state index < -0.39 is 0 Å². The van der Waals surface area contributed by atoms with Crippen molar-refractivity contribution in [1.29, 1.82) is 5.26 Å². The lowest BCUT2D eigenvalue weighted by molar-refractivity contribution is 0.0532. The van der Waals surface area contributed by atoms with Crippen molar-refractivity contribution < 1.29 is 4.74 Å². The highest BCUT2D eigenvalue weighted by Gasteiger charge is 2.24. The molecule has 0 spiro atoms. The van der Waals surface area contributed by atoms with Crippen molar-refractivity contribution in [2.45, 2.75) is 18.9 Å². The van der Waals surface area contributed by atoms with Crippen molar-refractivity contribution in [3.8, 4) is 6.07 Å². The average Bonchev–Trinajstić information content (AvgIpc) is 2.39. The van der Waals surface area contributed by atoms with Gasteiger partial charge in [0.1, 0.15) is 6.04 Å². The minimum Gasteiger partial charge on any atom is -0.381 e. The maximum Gasteiger partial charge on any atom is 0.119 e. The van der Waals surface area contributed by atoms with Gasteiger partial charge in [0.15, 0.2) is 0 Å². The minimum atomic E-state index is -0.186. The number of nitriles is 1. The summed E-state index contributed by atoms with van der Waals surface area (Å²) in [6, 6.07) is 10.0. The second-order valence-corrected chi connectivity index (χ2v) is 5.06. The average molecular weight is 295 g/mol. The summed E-state index contributed by atoms with van der Waals surface area (Å²) < 4.78 is 6.41. The molecule has 2 atom stereocenters. The summed E-state index contributed by atoms with van der Waals surface area (Å²) in [7, 11) is 0. The van der Waals surface area contributed by atoms with E-state index in [0.29, 0.717) is 6.61 Å². The summed E-state index contributed by atoms with van der Waals surface area (Å²) in [6.07, 6.45) is 2.09. The van der Waals surface area contributed by atoms with Crippen LogP contribution in [0.5, 0.6) is 0 Å². The Kier molecular flexibility index (Phi) is 4.41. The van der Waals surface area contributed by atoms with Crippen LogP contribution in [-0.2, 0) is 4.74 Å². The number of nitrogens with one attached hydrogen (secondary N) is 1. The van der Waals surface area contributed by atoms with Crippen molar-refractivity contribution in [1.82, 2.24) is 0 Å². The Morgan fingerprint density at radius 3 is 2.94 bits per heavy atom. The molecule has 0 radical (unpaired) electrons. The molecule has 1 aliphatic heterocycles. The van der Waals surface area contributed by atoms with Crippen molar-refractivity contribution in [2.24, 2.45) is 5.92 Å². The number of para-hydroxylation sites is 1. The third-order valence-electron chi connectivity index (χ3n) is 2.99. The molecule has 0 aromatic heterocycles. The SMILES string of the molecule is N#CC(Nc1ccccc1Br)C1CCCOC1. The lowest BCUT2D eigenvalue weighted by Crippen LogP contribution is -2.33. The number of rotatable bonds is 3. The van der Waals surface area contributed by atoms with E-state index in [1.165, 1.54) is 0 Å². The maximum absolute atomic E-state index is 9.25. The van der Waals surface area contributed by atoms with Crippen LogP contribution >= 0.6 is 15.9 Å². The lowest BCUT2D eigenvalue weighted by atomic mass is 9.94. The van der Waals surface area contributed by atoms with Crippen LogP contribution < -0.4 is 5.32 Å². The van der Waals surface area contributed by atoms with Crippen molar-refractivity contribution in [3.63, 3.8) is 0 Å². The molecule has 0 saturated carbocycles. The van der Waals surface area contributed by atoms with Gasteiger partial charge in [-0.15, -0.1) is 0 Å². The Bertz CT molecular complexity index is 410. The van der Waals surface area contributed by atoms with Gasteiger partial charge in [-0.1, -0.05) is 12.1 Å². The largest absolute Gasteiger partial charge is 0.381 e. The molecule has 1 aromatic carbocycles. The first-order chi connectivity index (χ1) is 8.31. The van der Waals surface area contributed by atoms with Crippen molar-refractivity contribution in [3.05, 3.63) is 28.7 Å². The van der Waals surface area contributed by atoms with Gasteiger partial charge in [-0.05, 0) is 40.9 Å². The maximum atomic E-state index is 9.25. The second-order valence-electron chi connectivity index (χ2n) is 4.21. The highest BCUT2D eigenvalue weighted by atomic mass is 79.9. The van der Waals surface area contributed by atoms with Gasteiger partial charge < -0.3 is 10.1 Å². The number of halogens is 1. The highest BCUT2D eigenvalue weighted by Crippen LogP contribution is 2.25. The molecule has 0 aliphatic carbocycles. The number of hydrogen-bond acceptors (Lipinski definition) is 3. The summed E-state index contributed by atoms with van der Waals surface area (Å²) in [5.74, 6) is 0.279. The molecule has 2 unspecified atom stereocenters. The van der Waals surface area contributed by atoms with Gasteiger partial charge in [0.05, 0.1) is 12.7 Å². The first-order valence-corrected chi connectivity index (χ1v) is 6.59. The van der Waals surface area contributed by atoms with Crippen LogP contribution in [0.1, 0.15) is 12.8 Å². The monoisotopic (exact) mass is 294 g/mol. The van der Waals surface area contributed by atoms with E-state index in [-0.39, 0.29) is 12.0 Å². The molecule has 1 heterocycles. The van der Waals surface area contributed by atoms with E-state index >= 15 is 0 Å². The zero-order valence-electron chi connectivity index (χ0n) is 9.53. The molecule has 0 amide bonds. The quantitative estimate of drug-likeness (QED) is 0.931. The first kappa shape index (κ1) is 12.4. The molecule has 1 fully saturated rings. The minimum absolute atomic E-state index is 0.186. The Morgan fingerprint density at radius 2 is 2.29 bits per heavy atom. The first-order valence-electron chi connectivity index (χ1n) is 5.79. The molecular weight excluding hydrogens is 280 g/mol. The fraction of sp³-hybridized carbons (Fsp3) is 0.462. The topological polar surface area (TPSA) is 45.0 Å². The zero-order chi connectivity index (χ0) is 12.1. The van der Waals surface area contributed by atoms with Crippen LogP contribution in [0.2, 0.25) is 0 Å². The third-order valence-corrected chi connectivity index (χ3v) is 3.68. The smallest absolute Gasteiger partial charge is 0.119 e. The van der Waals surface area contributed by atoms with Crippen LogP contribution in [0.15, 0.2) is 28.7 Å².